The second-order valence-corrected chi connectivity index (χ2v) is 7.48. The van der Waals surface area contributed by atoms with Crippen molar-refractivity contribution in [2.45, 2.75) is 96.8 Å². The summed E-state index contributed by atoms with van der Waals surface area (Å²) in [7, 11) is -4.25. The smallest absolute Gasteiger partial charge is 0.735 e. The fourth-order valence-corrected chi connectivity index (χ4v) is 2.96. The summed E-state index contributed by atoms with van der Waals surface area (Å²) in [6.07, 6.45) is 21.7. The molecule has 0 saturated heterocycles. The molecule has 0 aromatic carbocycles. The van der Waals surface area contributed by atoms with Gasteiger partial charge in [0.1, 0.15) is 0 Å². The van der Waals surface area contributed by atoms with Crippen molar-refractivity contribution >= 4 is 10.3 Å². The van der Waals surface area contributed by atoms with Crippen molar-refractivity contribution < 1.29 is 42.5 Å². The second-order valence-electron chi connectivity index (χ2n) is 6.29. The normalized spacial score (nSPS) is 11.8. The Hall–Kier alpha value is 0.610. The summed E-state index contributed by atoms with van der Waals surface area (Å²) >= 11 is 0. The zero-order valence-electron chi connectivity index (χ0n) is 15.9. The Labute approximate surface area is 172 Å². The van der Waals surface area contributed by atoms with Gasteiger partial charge in [0, 0.05) is 6.54 Å². The molecular formula is C18H36NNaO3S. The molecule has 24 heavy (non-hydrogen) atoms. The summed E-state index contributed by atoms with van der Waals surface area (Å²) in [6.45, 7) is 2.52. The van der Waals surface area contributed by atoms with Crippen LogP contribution in [0.1, 0.15) is 96.8 Å². The van der Waals surface area contributed by atoms with E-state index >= 15 is 0 Å². The first-order valence-corrected chi connectivity index (χ1v) is 10.8. The van der Waals surface area contributed by atoms with Crippen molar-refractivity contribution in [2.75, 3.05) is 6.54 Å². The quantitative estimate of drug-likeness (QED) is 0.185. The topological polar surface area (TPSA) is 69.2 Å². The van der Waals surface area contributed by atoms with E-state index < -0.39 is 10.3 Å². The number of rotatable bonds is 17. The molecule has 0 atom stereocenters. The molecule has 0 unspecified atom stereocenters. The standard InChI is InChI=1S/C18H37NO3S.Na/c1-2-3-4-5-6-7-8-9-10-11-12-13-14-15-16-17-18-19-23(20,21)22;/h9-10,19H,2-8,11-18H2,1H3,(H,20,21,22);/q;+1/p-1/b10-9-;. The Kier molecular flexibility index (Phi) is 22.3. The molecule has 0 aromatic rings. The summed E-state index contributed by atoms with van der Waals surface area (Å²) in [4.78, 5) is 0. The van der Waals surface area contributed by atoms with Crippen molar-refractivity contribution in [3.05, 3.63) is 12.2 Å². The van der Waals surface area contributed by atoms with E-state index in [1.54, 1.807) is 0 Å². The van der Waals surface area contributed by atoms with Gasteiger partial charge in [-0.15, -0.1) is 0 Å². The fourth-order valence-electron chi connectivity index (χ4n) is 2.57. The zero-order chi connectivity index (χ0) is 17.2. The summed E-state index contributed by atoms with van der Waals surface area (Å²) in [5, 5.41) is 0. The van der Waals surface area contributed by atoms with Crippen molar-refractivity contribution in [3.63, 3.8) is 0 Å². The van der Waals surface area contributed by atoms with E-state index in [1.807, 2.05) is 4.72 Å². The molecule has 138 valence electrons. The third-order valence-electron chi connectivity index (χ3n) is 3.97. The van der Waals surface area contributed by atoms with Crippen molar-refractivity contribution in [1.82, 2.24) is 4.72 Å². The number of unbranched alkanes of at least 4 members (excludes halogenated alkanes) is 12. The third-order valence-corrected chi connectivity index (χ3v) is 4.53. The molecule has 0 spiro atoms. The maximum Gasteiger partial charge on any atom is 1.00 e. The van der Waals surface area contributed by atoms with Gasteiger partial charge in [0.15, 0.2) is 10.3 Å². The summed E-state index contributed by atoms with van der Waals surface area (Å²) in [5.74, 6) is 0. The average Bonchev–Trinajstić information content (AvgIpc) is 2.49. The van der Waals surface area contributed by atoms with Gasteiger partial charge in [0.2, 0.25) is 0 Å². The van der Waals surface area contributed by atoms with Gasteiger partial charge in [-0.05, 0) is 32.1 Å². The van der Waals surface area contributed by atoms with E-state index in [0.29, 0.717) is 0 Å². The maximum atomic E-state index is 10.3. The molecule has 0 saturated carbocycles. The van der Waals surface area contributed by atoms with E-state index in [-0.39, 0.29) is 36.1 Å². The Morgan fingerprint density at radius 2 is 1.17 bits per heavy atom. The number of hydrogen-bond donors (Lipinski definition) is 1. The van der Waals surface area contributed by atoms with Gasteiger partial charge in [-0.25, -0.2) is 13.1 Å². The van der Waals surface area contributed by atoms with Gasteiger partial charge in [0.25, 0.3) is 0 Å². The fraction of sp³-hybridized carbons (Fsp3) is 0.889. The first kappa shape index (κ1) is 26.8. The van der Waals surface area contributed by atoms with E-state index in [0.717, 1.165) is 19.3 Å². The van der Waals surface area contributed by atoms with Gasteiger partial charge in [-0.2, -0.15) is 0 Å². The van der Waals surface area contributed by atoms with Crippen LogP contribution in [0.5, 0.6) is 0 Å². The van der Waals surface area contributed by atoms with Gasteiger partial charge in [0.05, 0.1) is 0 Å². The Morgan fingerprint density at radius 3 is 1.62 bits per heavy atom. The van der Waals surface area contributed by atoms with Gasteiger partial charge in [-0.1, -0.05) is 76.9 Å². The van der Waals surface area contributed by atoms with Crippen LogP contribution in [0.4, 0.5) is 0 Å². The molecule has 1 N–H and O–H groups in total. The molecule has 4 nitrogen and oxygen atoms in total. The van der Waals surface area contributed by atoms with Crippen LogP contribution < -0.4 is 34.3 Å². The first-order valence-electron chi connectivity index (χ1n) is 9.41. The van der Waals surface area contributed by atoms with Crippen LogP contribution in [-0.2, 0) is 10.3 Å². The van der Waals surface area contributed by atoms with Crippen molar-refractivity contribution in [1.29, 1.82) is 0 Å². The average molecular weight is 370 g/mol. The third kappa shape index (κ3) is 24.9. The molecule has 0 aliphatic heterocycles. The Morgan fingerprint density at radius 1 is 0.750 bits per heavy atom. The van der Waals surface area contributed by atoms with Crippen LogP contribution in [0.15, 0.2) is 12.2 Å². The Balaban J connectivity index is 0. The summed E-state index contributed by atoms with van der Waals surface area (Å²) in [6, 6.07) is 0. The van der Waals surface area contributed by atoms with Crippen molar-refractivity contribution in [3.8, 4) is 0 Å². The van der Waals surface area contributed by atoms with Gasteiger partial charge >= 0.3 is 29.6 Å². The summed E-state index contributed by atoms with van der Waals surface area (Å²) in [5.41, 5.74) is 0. The van der Waals surface area contributed by atoms with Crippen LogP contribution in [0.2, 0.25) is 0 Å². The molecular weight excluding hydrogens is 333 g/mol. The largest absolute Gasteiger partial charge is 1.00 e. The van der Waals surface area contributed by atoms with Crippen LogP contribution in [0.3, 0.4) is 0 Å². The monoisotopic (exact) mass is 369 g/mol. The molecule has 6 heteroatoms. The van der Waals surface area contributed by atoms with E-state index in [4.69, 9.17) is 0 Å². The van der Waals surface area contributed by atoms with Gasteiger partial charge in [-0.3, -0.25) is 0 Å². The minimum atomic E-state index is -4.25. The van der Waals surface area contributed by atoms with E-state index in [9.17, 15) is 13.0 Å². The van der Waals surface area contributed by atoms with Crippen LogP contribution in [0.25, 0.3) is 0 Å². The SMILES string of the molecule is CCCCCCCC/C=C\CCCCCCCCNS(=O)(=O)[O-].[Na+]. The molecule has 0 heterocycles. The van der Waals surface area contributed by atoms with Gasteiger partial charge < -0.3 is 4.55 Å². The first-order chi connectivity index (χ1) is 11.1. The molecule has 0 rings (SSSR count). The predicted molar refractivity (Wildman–Crippen MR) is 97.2 cm³/mol. The molecule has 0 aliphatic carbocycles. The molecule has 0 aliphatic rings. The number of nitrogens with one attached hydrogen (secondary N) is 1. The number of hydrogen-bond acceptors (Lipinski definition) is 3. The van der Waals surface area contributed by atoms with Crippen molar-refractivity contribution in [2.24, 2.45) is 0 Å². The molecule has 0 amide bonds. The summed E-state index contributed by atoms with van der Waals surface area (Å²) < 4.78 is 32.9. The minimum absolute atomic E-state index is 0. The predicted octanol–water partition coefficient (Wildman–Crippen LogP) is 2.08. The van der Waals surface area contributed by atoms with E-state index in [2.05, 4.69) is 19.1 Å². The molecule has 0 radical (unpaired) electrons. The number of allylic oxidation sites excluding steroid dienone is 2. The molecule has 0 fully saturated rings. The molecule has 0 aromatic heterocycles. The van der Waals surface area contributed by atoms with E-state index in [1.165, 1.54) is 70.6 Å². The van der Waals surface area contributed by atoms with Crippen LogP contribution in [-0.4, -0.2) is 19.5 Å². The Bertz CT molecular complexity index is 372. The zero-order valence-corrected chi connectivity index (χ0v) is 18.7. The minimum Gasteiger partial charge on any atom is -0.735 e. The van der Waals surface area contributed by atoms with Crippen LogP contribution >= 0.6 is 0 Å². The maximum absolute atomic E-state index is 10.3. The van der Waals surface area contributed by atoms with Crippen LogP contribution in [0, 0.1) is 0 Å². The molecule has 0 bridgehead atoms. The second kappa shape index (κ2) is 19.9.